The Labute approximate surface area is 210 Å². The molecule has 0 amide bonds. The average molecular weight is 485 g/mol. The molecule has 0 unspecified atom stereocenters. The van der Waals surface area contributed by atoms with Crippen LogP contribution in [0.1, 0.15) is 87.0 Å². The topological polar surface area (TPSA) is 94.8 Å². The van der Waals surface area contributed by atoms with E-state index in [2.05, 4.69) is 45.9 Å². The lowest BCUT2D eigenvalue weighted by Crippen LogP contribution is -2.45. The van der Waals surface area contributed by atoms with Crippen LogP contribution >= 0.6 is 0 Å². The molecule has 0 spiro atoms. The highest BCUT2D eigenvalue weighted by Crippen LogP contribution is 2.67. The zero-order valence-corrected chi connectivity index (χ0v) is 22.5. The third kappa shape index (κ3) is 4.02. The Bertz CT molecular complexity index is 1010. The predicted molar refractivity (Wildman–Crippen MR) is 136 cm³/mol. The van der Waals surface area contributed by atoms with E-state index in [9.17, 15) is 24.9 Å². The summed E-state index contributed by atoms with van der Waals surface area (Å²) in [6, 6.07) is 0. The molecule has 4 aliphatic carbocycles. The van der Waals surface area contributed by atoms with Crippen LogP contribution in [0.4, 0.5) is 0 Å². The van der Waals surface area contributed by atoms with E-state index in [0.717, 1.165) is 19.3 Å². The smallest absolute Gasteiger partial charge is 0.164 e. The van der Waals surface area contributed by atoms with Crippen molar-refractivity contribution in [3.05, 3.63) is 34.9 Å². The highest BCUT2D eigenvalue weighted by atomic mass is 16.3. The molecular formula is C30H44O5. The largest absolute Gasteiger partial charge is 0.392 e. The van der Waals surface area contributed by atoms with Crippen LogP contribution in [0.2, 0.25) is 0 Å². The molecule has 35 heavy (non-hydrogen) atoms. The monoisotopic (exact) mass is 484 g/mol. The molecule has 0 bridgehead atoms. The number of Topliss-reactive ketones (excluding diaryl/α,β-unsaturated/α-hetero) is 2. The van der Waals surface area contributed by atoms with Gasteiger partial charge in [0.25, 0.3) is 0 Å². The van der Waals surface area contributed by atoms with Crippen molar-refractivity contribution in [2.24, 2.45) is 34.0 Å². The Hall–Kier alpha value is -1.56. The first kappa shape index (κ1) is 26.5. The maximum absolute atomic E-state index is 13.6. The molecule has 0 saturated heterocycles. The van der Waals surface area contributed by atoms with Gasteiger partial charge in [0.2, 0.25) is 0 Å². The number of hydrogen-bond acceptors (Lipinski definition) is 5. The van der Waals surface area contributed by atoms with Crippen LogP contribution in [-0.2, 0) is 9.59 Å². The number of aliphatic hydroxyl groups is 3. The van der Waals surface area contributed by atoms with Gasteiger partial charge in [-0.25, -0.2) is 0 Å². The molecule has 0 aromatic heterocycles. The van der Waals surface area contributed by atoms with Crippen molar-refractivity contribution >= 4 is 11.6 Å². The summed E-state index contributed by atoms with van der Waals surface area (Å²) in [5, 5.41) is 31.0. The van der Waals surface area contributed by atoms with E-state index >= 15 is 0 Å². The van der Waals surface area contributed by atoms with Gasteiger partial charge in [-0.1, -0.05) is 58.4 Å². The summed E-state index contributed by atoms with van der Waals surface area (Å²) in [6.07, 6.45) is 8.84. The van der Waals surface area contributed by atoms with Gasteiger partial charge in [-0.3, -0.25) is 9.59 Å². The minimum Gasteiger partial charge on any atom is -0.392 e. The highest BCUT2D eigenvalue weighted by Gasteiger charge is 2.63. The van der Waals surface area contributed by atoms with Crippen LogP contribution in [-0.4, -0.2) is 44.7 Å². The normalized spacial score (nSPS) is 38.2. The molecule has 3 N–H and O–H groups in total. The van der Waals surface area contributed by atoms with Gasteiger partial charge in [-0.15, -0.1) is 0 Å². The number of carbonyl (C=O) groups is 2. The molecule has 0 aromatic rings. The molecule has 0 aromatic carbocycles. The molecule has 4 aliphatic rings. The van der Waals surface area contributed by atoms with Crippen LogP contribution in [0, 0.1) is 34.0 Å². The van der Waals surface area contributed by atoms with Crippen molar-refractivity contribution in [1.82, 2.24) is 0 Å². The van der Waals surface area contributed by atoms with Crippen LogP contribution in [0.3, 0.4) is 0 Å². The first-order valence-corrected chi connectivity index (χ1v) is 13.3. The lowest BCUT2D eigenvalue weighted by Gasteiger charge is -2.50. The number of fused-ring (bicyclic) bond motifs is 4. The molecule has 4 rings (SSSR count). The molecule has 7 atom stereocenters. The van der Waals surface area contributed by atoms with Crippen LogP contribution in [0.5, 0.6) is 0 Å². The zero-order valence-electron chi connectivity index (χ0n) is 22.5. The van der Waals surface area contributed by atoms with Gasteiger partial charge >= 0.3 is 0 Å². The van der Waals surface area contributed by atoms with Gasteiger partial charge < -0.3 is 15.3 Å². The van der Waals surface area contributed by atoms with Crippen LogP contribution in [0.15, 0.2) is 34.9 Å². The number of allylic oxidation sites excluding steroid dienone is 5. The molecule has 5 nitrogen and oxygen atoms in total. The fourth-order valence-corrected chi connectivity index (χ4v) is 7.85. The Morgan fingerprint density at radius 3 is 2.43 bits per heavy atom. The van der Waals surface area contributed by atoms with E-state index in [1.54, 1.807) is 0 Å². The average Bonchev–Trinajstić information content (AvgIpc) is 2.86. The van der Waals surface area contributed by atoms with E-state index in [1.165, 1.54) is 30.6 Å². The second kappa shape index (κ2) is 8.49. The van der Waals surface area contributed by atoms with Gasteiger partial charge in [-0.2, -0.15) is 0 Å². The van der Waals surface area contributed by atoms with Crippen molar-refractivity contribution in [2.45, 2.75) is 105 Å². The second-order valence-electron chi connectivity index (χ2n) is 13.4. The standard InChI is InChI=1S/C30H44O5/c1-17(14-22(31)26(34)28(4,5)35)25-23(32)16-30(7)21-10-9-20-18(8-11-24(33)27(20,2)3)15-19(21)12-13-29(25,30)6/h8,10,12,17,20,24-26,33-35H,9,11,13-16H2,1-7H3/t17-,20-,24+,25+,26-,29-,30+/m1/s1. The number of carbonyl (C=O) groups excluding carboxylic acids is 2. The maximum Gasteiger partial charge on any atom is 0.164 e. The van der Waals surface area contributed by atoms with E-state index in [-0.39, 0.29) is 52.3 Å². The lowest BCUT2D eigenvalue weighted by atomic mass is 9.53. The molecule has 0 heterocycles. The predicted octanol–water partition coefficient (Wildman–Crippen LogP) is 4.70. The zero-order chi connectivity index (χ0) is 26.1. The third-order valence-corrected chi connectivity index (χ3v) is 10.4. The van der Waals surface area contributed by atoms with E-state index in [0.29, 0.717) is 12.8 Å². The number of aliphatic hydroxyl groups excluding tert-OH is 2. The summed E-state index contributed by atoms with van der Waals surface area (Å²) in [7, 11) is 0. The van der Waals surface area contributed by atoms with Gasteiger partial charge in [0, 0.05) is 24.2 Å². The molecule has 1 saturated carbocycles. The number of rotatable bonds is 5. The second-order valence-corrected chi connectivity index (χ2v) is 13.4. The molecule has 5 heteroatoms. The summed E-state index contributed by atoms with van der Waals surface area (Å²) >= 11 is 0. The van der Waals surface area contributed by atoms with Crippen molar-refractivity contribution in [1.29, 1.82) is 0 Å². The molecule has 0 radical (unpaired) electrons. The van der Waals surface area contributed by atoms with E-state index in [4.69, 9.17) is 0 Å². The molecular weight excluding hydrogens is 440 g/mol. The fourth-order valence-electron chi connectivity index (χ4n) is 7.85. The fraction of sp³-hybridized carbons (Fsp3) is 0.733. The Morgan fingerprint density at radius 1 is 1.14 bits per heavy atom. The molecule has 0 aliphatic heterocycles. The third-order valence-electron chi connectivity index (χ3n) is 10.4. The van der Waals surface area contributed by atoms with Crippen molar-refractivity contribution in [3.8, 4) is 0 Å². The molecule has 1 fully saturated rings. The summed E-state index contributed by atoms with van der Waals surface area (Å²) in [5.74, 6) is -0.438. The first-order valence-electron chi connectivity index (χ1n) is 13.3. The minimum atomic E-state index is -1.50. The van der Waals surface area contributed by atoms with Gasteiger partial charge in [0.15, 0.2) is 5.78 Å². The van der Waals surface area contributed by atoms with Crippen molar-refractivity contribution in [3.63, 3.8) is 0 Å². The minimum absolute atomic E-state index is 0.0733. The SMILES string of the molecule is C[C@H](CC(=O)[C@@H](O)C(C)(C)O)[C@H]1C(=O)C[C@@]2(C)C3=CC[C@@H]4C(=CC[C@H](O)C4(C)C)CC3=CC[C@]12C. The Kier molecular flexibility index (Phi) is 6.43. The van der Waals surface area contributed by atoms with E-state index in [1.807, 2.05) is 6.92 Å². The van der Waals surface area contributed by atoms with Crippen LogP contribution in [0.25, 0.3) is 0 Å². The number of ketones is 2. The Morgan fingerprint density at radius 2 is 1.80 bits per heavy atom. The maximum atomic E-state index is 13.6. The quantitative estimate of drug-likeness (QED) is 0.492. The van der Waals surface area contributed by atoms with Crippen LogP contribution < -0.4 is 0 Å². The summed E-state index contributed by atoms with van der Waals surface area (Å²) in [5.41, 5.74) is 1.67. The summed E-state index contributed by atoms with van der Waals surface area (Å²) in [6.45, 7) is 13.6. The number of hydrogen-bond donors (Lipinski definition) is 3. The van der Waals surface area contributed by atoms with Gasteiger partial charge in [-0.05, 0) is 73.3 Å². The lowest BCUT2D eigenvalue weighted by molar-refractivity contribution is -0.141. The van der Waals surface area contributed by atoms with E-state index < -0.39 is 17.5 Å². The van der Waals surface area contributed by atoms with Gasteiger partial charge in [0.05, 0.1) is 11.7 Å². The van der Waals surface area contributed by atoms with Gasteiger partial charge in [0.1, 0.15) is 11.9 Å². The first-order chi connectivity index (χ1) is 16.0. The van der Waals surface area contributed by atoms with Crippen molar-refractivity contribution in [2.75, 3.05) is 0 Å². The molecule has 194 valence electrons. The highest BCUT2D eigenvalue weighted by molar-refractivity contribution is 5.89. The summed E-state index contributed by atoms with van der Waals surface area (Å²) in [4.78, 5) is 26.3. The summed E-state index contributed by atoms with van der Waals surface area (Å²) < 4.78 is 0. The van der Waals surface area contributed by atoms with Crippen molar-refractivity contribution < 1.29 is 24.9 Å². The Balaban J connectivity index is 1.66.